The van der Waals surface area contributed by atoms with Crippen molar-refractivity contribution in [3.05, 3.63) is 29.8 Å². The minimum Gasteiger partial charge on any atom is -0.382 e. The first-order valence-corrected chi connectivity index (χ1v) is 6.43. The molecule has 1 atom stereocenters. The summed E-state index contributed by atoms with van der Waals surface area (Å²) >= 11 is 0. The van der Waals surface area contributed by atoms with Crippen molar-refractivity contribution >= 4 is 5.69 Å². The quantitative estimate of drug-likeness (QED) is 0.839. The van der Waals surface area contributed by atoms with E-state index in [9.17, 15) is 0 Å². The van der Waals surface area contributed by atoms with Gasteiger partial charge in [0.05, 0.1) is 6.61 Å². The fourth-order valence-corrected chi connectivity index (χ4v) is 2.26. The van der Waals surface area contributed by atoms with Crippen molar-refractivity contribution in [3.63, 3.8) is 0 Å². The van der Waals surface area contributed by atoms with E-state index in [0.29, 0.717) is 12.6 Å². The van der Waals surface area contributed by atoms with Crippen LogP contribution in [0.15, 0.2) is 24.3 Å². The molecule has 17 heavy (non-hydrogen) atoms. The van der Waals surface area contributed by atoms with Gasteiger partial charge in [0.15, 0.2) is 0 Å². The molecule has 1 heterocycles. The standard InChI is InChI=1S/C14H22N2O/c1-17-11-12-4-6-14(7-5-12)16-13-3-2-9-15-10-8-13/h4-7,13,15-16H,2-3,8-11H2,1H3. The summed E-state index contributed by atoms with van der Waals surface area (Å²) in [6.45, 7) is 2.97. The van der Waals surface area contributed by atoms with Crippen LogP contribution in [-0.4, -0.2) is 26.2 Å². The summed E-state index contributed by atoms with van der Waals surface area (Å²) in [6.07, 6.45) is 3.73. The molecule has 1 saturated heterocycles. The number of anilines is 1. The van der Waals surface area contributed by atoms with Crippen LogP contribution in [0.25, 0.3) is 0 Å². The normalized spacial score (nSPS) is 20.9. The SMILES string of the molecule is COCc1ccc(NC2CCCNCC2)cc1. The monoisotopic (exact) mass is 234 g/mol. The molecule has 1 fully saturated rings. The maximum atomic E-state index is 5.11. The van der Waals surface area contributed by atoms with Crippen molar-refractivity contribution in [2.24, 2.45) is 0 Å². The lowest BCUT2D eigenvalue weighted by atomic mass is 10.1. The Labute approximate surface area is 104 Å². The van der Waals surface area contributed by atoms with Gasteiger partial charge in [-0.05, 0) is 50.0 Å². The average molecular weight is 234 g/mol. The molecule has 1 aliphatic rings. The minimum absolute atomic E-state index is 0.610. The maximum absolute atomic E-state index is 5.11. The van der Waals surface area contributed by atoms with Gasteiger partial charge in [-0.2, -0.15) is 0 Å². The highest BCUT2D eigenvalue weighted by Crippen LogP contribution is 2.15. The fourth-order valence-electron chi connectivity index (χ4n) is 2.26. The van der Waals surface area contributed by atoms with Crippen molar-refractivity contribution < 1.29 is 4.74 Å². The summed E-state index contributed by atoms with van der Waals surface area (Å²) < 4.78 is 5.11. The van der Waals surface area contributed by atoms with Gasteiger partial charge in [0.2, 0.25) is 0 Å². The Kier molecular flexibility index (Phi) is 4.83. The van der Waals surface area contributed by atoms with Gasteiger partial charge in [0, 0.05) is 18.8 Å². The molecule has 1 aromatic rings. The summed E-state index contributed by atoms with van der Waals surface area (Å²) in [5.41, 5.74) is 2.44. The third-order valence-corrected chi connectivity index (χ3v) is 3.21. The first-order valence-electron chi connectivity index (χ1n) is 6.43. The predicted octanol–water partition coefficient (Wildman–Crippen LogP) is 2.39. The smallest absolute Gasteiger partial charge is 0.0713 e. The van der Waals surface area contributed by atoms with E-state index in [-0.39, 0.29) is 0 Å². The van der Waals surface area contributed by atoms with Gasteiger partial charge in [-0.15, -0.1) is 0 Å². The second kappa shape index (κ2) is 6.62. The van der Waals surface area contributed by atoms with E-state index in [1.54, 1.807) is 7.11 Å². The lowest BCUT2D eigenvalue weighted by molar-refractivity contribution is 0.185. The molecule has 0 amide bonds. The average Bonchev–Trinajstić information content (AvgIpc) is 2.61. The molecule has 2 N–H and O–H groups in total. The van der Waals surface area contributed by atoms with Gasteiger partial charge >= 0.3 is 0 Å². The molecule has 0 aliphatic carbocycles. The first kappa shape index (κ1) is 12.4. The number of hydrogen-bond donors (Lipinski definition) is 2. The van der Waals surface area contributed by atoms with E-state index in [2.05, 4.69) is 34.9 Å². The van der Waals surface area contributed by atoms with Crippen LogP contribution in [0.5, 0.6) is 0 Å². The predicted molar refractivity (Wildman–Crippen MR) is 71.3 cm³/mol. The third-order valence-electron chi connectivity index (χ3n) is 3.21. The highest BCUT2D eigenvalue weighted by atomic mass is 16.5. The van der Waals surface area contributed by atoms with Crippen molar-refractivity contribution in [2.45, 2.75) is 31.9 Å². The minimum atomic E-state index is 0.610. The zero-order valence-corrected chi connectivity index (χ0v) is 10.5. The molecule has 0 aromatic heterocycles. The van der Waals surface area contributed by atoms with Gasteiger partial charge in [-0.3, -0.25) is 0 Å². The fraction of sp³-hybridized carbons (Fsp3) is 0.571. The Morgan fingerprint density at radius 1 is 1.24 bits per heavy atom. The summed E-state index contributed by atoms with van der Waals surface area (Å²) in [6, 6.07) is 9.15. The number of benzene rings is 1. The van der Waals surface area contributed by atoms with Gasteiger partial charge in [-0.25, -0.2) is 0 Å². The van der Waals surface area contributed by atoms with Crippen LogP contribution in [-0.2, 0) is 11.3 Å². The molecule has 0 bridgehead atoms. The summed E-state index contributed by atoms with van der Waals surface area (Å²) in [5, 5.41) is 7.04. The van der Waals surface area contributed by atoms with Crippen LogP contribution >= 0.6 is 0 Å². The summed E-state index contributed by atoms with van der Waals surface area (Å²) in [4.78, 5) is 0. The number of methoxy groups -OCH3 is 1. The highest BCUT2D eigenvalue weighted by Gasteiger charge is 2.10. The summed E-state index contributed by atoms with van der Waals surface area (Å²) in [7, 11) is 1.73. The molecular weight excluding hydrogens is 212 g/mol. The van der Waals surface area contributed by atoms with Gasteiger partial charge in [0.25, 0.3) is 0 Å². The van der Waals surface area contributed by atoms with Crippen LogP contribution in [0.1, 0.15) is 24.8 Å². The van der Waals surface area contributed by atoms with Gasteiger partial charge < -0.3 is 15.4 Å². The molecule has 2 rings (SSSR count). The zero-order valence-electron chi connectivity index (χ0n) is 10.5. The topological polar surface area (TPSA) is 33.3 Å². The van der Waals surface area contributed by atoms with E-state index < -0.39 is 0 Å². The second-order valence-corrected chi connectivity index (χ2v) is 4.65. The van der Waals surface area contributed by atoms with E-state index in [1.807, 2.05) is 0 Å². The molecule has 3 heteroatoms. The Bertz CT molecular complexity index is 315. The number of ether oxygens (including phenoxy) is 1. The molecule has 1 aliphatic heterocycles. The Morgan fingerprint density at radius 3 is 2.82 bits per heavy atom. The molecule has 1 aromatic carbocycles. The molecule has 3 nitrogen and oxygen atoms in total. The van der Waals surface area contributed by atoms with Crippen molar-refractivity contribution in [2.75, 3.05) is 25.5 Å². The lowest BCUT2D eigenvalue weighted by Gasteiger charge is -2.17. The molecule has 94 valence electrons. The lowest BCUT2D eigenvalue weighted by Crippen LogP contribution is -2.21. The molecular formula is C14H22N2O. The van der Waals surface area contributed by atoms with E-state index >= 15 is 0 Å². The molecule has 0 spiro atoms. The van der Waals surface area contributed by atoms with Crippen LogP contribution in [0, 0.1) is 0 Å². The largest absolute Gasteiger partial charge is 0.382 e. The van der Waals surface area contributed by atoms with Crippen molar-refractivity contribution in [1.29, 1.82) is 0 Å². The highest BCUT2D eigenvalue weighted by molar-refractivity contribution is 5.45. The Morgan fingerprint density at radius 2 is 2.06 bits per heavy atom. The maximum Gasteiger partial charge on any atom is 0.0713 e. The van der Waals surface area contributed by atoms with Gasteiger partial charge in [-0.1, -0.05) is 12.1 Å². The van der Waals surface area contributed by atoms with E-state index in [0.717, 1.165) is 13.1 Å². The number of rotatable bonds is 4. The number of nitrogens with one attached hydrogen (secondary N) is 2. The van der Waals surface area contributed by atoms with Crippen LogP contribution < -0.4 is 10.6 Å². The van der Waals surface area contributed by atoms with Gasteiger partial charge in [0.1, 0.15) is 0 Å². The van der Waals surface area contributed by atoms with Crippen LogP contribution in [0.3, 0.4) is 0 Å². The van der Waals surface area contributed by atoms with Crippen LogP contribution in [0.2, 0.25) is 0 Å². The molecule has 0 radical (unpaired) electrons. The second-order valence-electron chi connectivity index (χ2n) is 4.65. The van der Waals surface area contributed by atoms with Crippen molar-refractivity contribution in [1.82, 2.24) is 5.32 Å². The van der Waals surface area contributed by atoms with E-state index in [1.165, 1.54) is 30.5 Å². The van der Waals surface area contributed by atoms with Crippen molar-refractivity contribution in [3.8, 4) is 0 Å². The Balaban J connectivity index is 1.88. The van der Waals surface area contributed by atoms with E-state index in [4.69, 9.17) is 4.74 Å². The molecule has 0 saturated carbocycles. The molecule has 1 unspecified atom stereocenters. The number of hydrogen-bond acceptors (Lipinski definition) is 3. The first-order chi connectivity index (χ1) is 8.38. The summed E-state index contributed by atoms with van der Waals surface area (Å²) in [5.74, 6) is 0. The third kappa shape index (κ3) is 4.02. The Hall–Kier alpha value is -1.06. The van der Waals surface area contributed by atoms with Crippen LogP contribution in [0.4, 0.5) is 5.69 Å². The zero-order chi connectivity index (χ0) is 11.9.